The smallest absolute Gasteiger partial charge is 0.271 e. The van der Waals surface area contributed by atoms with Crippen molar-refractivity contribution >= 4 is 12.0 Å². The van der Waals surface area contributed by atoms with Crippen molar-refractivity contribution in [2.24, 2.45) is 0 Å². The SMILES string of the molecule is CCc1ncc(C(=O)N2CCC(=Cc3ccccc3)CC2)[nH]1. The van der Waals surface area contributed by atoms with Crippen LogP contribution in [0.3, 0.4) is 0 Å². The number of hydrogen-bond acceptors (Lipinski definition) is 2. The van der Waals surface area contributed by atoms with E-state index in [1.165, 1.54) is 11.1 Å². The molecule has 0 atom stereocenters. The Bertz CT molecular complexity index is 663. The molecule has 3 rings (SSSR count). The second-order valence-corrected chi connectivity index (χ2v) is 5.60. The van der Waals surface area contributed by atoms with Crippen molar-refractivity contribution in [1.82, 2.24) is 14.9 Å². The molecule has 0 saturated carbocycles. The summed E-state index contributed by atoms with van der Waals surface area (Å²) in [5.41, 5.74) is 3.25. The van der Waals surface area contributed by atoms with E-state index in [2.05, 4.69) is 40.3 Å². The Morgan fingerprint density at radius 1 is 1.27 bits per heavy atom. The van der Waals surface area contributed by atoms with Crippen LogP contribution in [-0.4, -0.2) is 33.9 Å². The van der Waals surface area contributed by atoms with Crippen molar-refractivity contribution in [2.75, 3.05) is 13.1 Å². The maximum absolute atomic E-state index is 12.4. The molecule has 2 heterocycles. The minimum atomic E-state index is 0.0611. The first-order valence-corrected chi connectivity index (χ1v) is 7.84. The van der Waals surface area contributed by atoms with Crippen LogP contribution in [0, 0.1) is 0 Å². The minimum Gasteiger partial charge on any atom is -0.338 e. The highest BCUT2D eigenvalue weighted by Gasteiger charge is 2.21. The van der Waals surface area contributed by atoms with Gasteiger partial charge in [-0.05, 0) is 18.4 Å². The number of imidazole rings is 1. The summed E-state index contributed by atoms with van der Waals surface area (Å²) >= 11 is 0. The number of likely N-dealkylation sites (tertiary alicyclic amines) is 1. The van der Waals surface area contributed by atoms with E-state index in [4.69, 9.17) is 0 Å². The maximum Gasteiger partial charge on any atom is 0.271 e. The Labute approximate surface area is 130 Å². The van der Waals surface area contributed by atoms with Gasteiger partial charge in [-0.1, -0.05) is 48.9 Å². The lowest BCUT2D eigenvalue weighted by atomic mass is 10.0. The molecule has 0 bridgehead atoms. The summed E-state index contributed by atoms with van der Waals surface area (Å²) in [6.45, 7) is 3.57. The molecule has 1 N–H and O–H groups in total. The quantitative estimate of drug-likeness (QED) is 0.944. The molecule has 0 spiro atoms. The average molecular weight is 295 g/mol. The third-order valence-corrected chi connectivity index (χ3v) is 4.06. The second-order valence-electron chi connectivity index (χ2n) is 5.60. The van der Waals surface area contributed by atoms with Gasteiger partial charge in [0, 0.05) is 19.5 Å². The van der Waals surface area contributed by atoms with Gasteiger partial charge in [0.1, 0.15) is 11.5 Å². The molecule has 1 aromatic heterocycles. The number of amides is 1. The predicted octanol–water partition coefficient (Wildman–Crippen LogP) is 3.29. The van der Waals surface area contributed by atoms with Crippen molar-refractivity contribution < 1.29 is 4.79 Å². The summed E-state index contributed by atoms with van der Waals surface area (Å²) < 4.78 is 0. The van der Waals surface area contributed by atoms with E-state index in [0.717, 1.165) is 38.2 Å². The molecule has 1 amide bonds. The van der Waals surface area contributed by atoms with Crippen LogP contribution in [0.25, 0.3) is 6.08 Å². The van der Waals surface area contributed by atoms with Crippen molar-refractivity contribution in [3.05, 3.63) is 59.2 Å². The van der Waals surface area contributed by atoms with E-state index < -0.39 is 0 Å². The number of nitrogens with zero attached hydrogens (tertiary/aromatic N) is 2. The molecule has 1 aromatic carbocycles. The number of piperidine rings is 1. The van der Waals surface area contributed by atoms with E-state index in [1.807, 2.05) is 17.9 Å². The molecule has 4 heteroatoms. The third-order valence-electron chi connectivity index (χ3n) is 4.06. The van der Waals surface area contributed by atoms with E-state index in [9.17, 15) is 4.79 Å². The van der Waals surface area contributed by atoms with Crippen LogP contribution in [0.1, 0.15) is 41.6 Å². The molecule has 1 aliphatic rings. The molecular weight excluding hydrogens is 274 g/mol. The van der Waals surface area contributed by atoms with Crippen LogP contribution in [0.5, 0.6) is 0 Å². The summed E-state index contributed by atoms with van der Waals surface area (Å²) in [4.78, 5) is 21.6. The molecule has 0 unspecified atom stereocenters. The second kappa shape index (κ2) is 6.60. The van der Waals surface area contributed by atoms with Crippen LogP contribution >= 0.6 is 0 Å². The van der Waals surface area contributed by atoms with Crippen molar-refractivity contribution in [3.8, 4) is 0 Å². The highest BCUT2D eigenvalue weighted by Crippen LogP contribution is 2.20. The van der Waals surface area contributed by atoms with Gasteiger partial charge in [0.25, 0.3) is 5.91 Å². The first kappa shape index (κ1) is 14.6. The zero-order chi connectivity index (χ0) is 15.4. The van der Waals surface area contributed by atoms with Crippen LogP contribution in [0.15, 0.2) is 42.1 Å². The molecule has 1 saturated heterocycles. The Kier molecular flexibility index (Phi) is 4.37. The largest absolute Gasteiger partial charge is 0.338 e. The molecule has 1 aliphatic heterocycles. The molecule has 2 aromatic rings. The Hall–Kier alpha value is -2.36. The van der Waals surface area contributed by atoms with Gasteiger partial charge in [0.2, 0.25) is 0 Å². The highest BCUT2D eigenvalue weighted by atomic mass is 16.2. The van der Waals surface area contributed by atoms with Gasteiger partial charge in [-0.2, -0.15) is 0 Å². The Morgan fingerprint density at radius 2 is 2.00 bits per heavy atom. The van der Waals surface area contributed by atoms with Crippen LogP contribution in [-0.2, 0) is 6.42 Å². The molecule has 22 heavy (non-hydrogen) atoms. The number of aromatic amines is 1. The van der Waals surface area contributed by atoms with Crippen molar-refractivity contribution in [1.29, 1.82) is 0 Å². The monoisotopic (exact) mass is 295 g/mol. The number of rotatable bonds is 3. The van der Waals surface area contributed by atoms with Gasteiger partial charge in [0.05, 0.1) is 6.20 Å². The number of aromatic nitrogens is 2. The lowest BCUT2D eigenvalue weighted by molar-refractivity contribution is 0.0738. The predicted molar refractivity (Wildman–Crippen MR) is 87.5 cm³/mol. The fourth-order valence-corrected chi connectivity index (χ4v) is 2.75. The summed E-state index contributed by atoms with van der Waals surface area (Å²) in [6.07, 6.45) is 6.59. The molecule has 0 aliphatic carbocycles. The number of carbonyl (C=O) groups excluding carboxylic acids is 1. The van der Waals surface area contributed by atoms with Gasteiger partial charge in [0.15, 0.2) is 0 Å². The Morgan fingerprint density at radius 3 is 2.64 bits per heavy atom. The summed E-state index contributed by atoms with van der Waals surface area (Å²) in [6, 6.07) is 10.4. The molecule has 4 nitrogen and oxygen atoms in total. The molecule has 1 fully saturated rings. The summed E-state index contributed by atoms with van der Waals surface area (Å²) in [7, 11) is 0. The lowest BCUT2D eigenvalue weighted by Crippen LogP contribution is -2.36. The number of aryl methyl sites for hydroxylation is 1. The van der Waals surface area contributed by atoms with Gasteiger partial charge < -0.3 is 9.88 Å². The maximum atomic E-state index is 12.4. The van der Waals surface area contributed by atoms with Crippen LogP contribution in [0.2, 0.25) is 0 Å². The average Bonchev–Trinajstić information content (AvgIpc) is 3.05. The van der Waals surface area contributed by atoms with Gasteiger partial charge in [-0.3, -0.25) is 4.79 Å². The topological polar surface area (TPSA) is 49.0 Å². The summed E-state index contributed by atoms with van der Waals surface area (Å²) in [5.74, 6) is 0.927. The Balaban J connectivity index is 1.62. The number of benzene rings is 1. The van der Waals surface area contributed by atoms with Gasteiger partial charge >= 0.3 is 0 Å². The summed E-state index contributed by atoms with van der Waals surface area (Å²) in [5, 5.41) is 0. The fourth-order valence-electron chi connectivity index (χ4n) is 2.75. The zero-order valence-corrected chi connectivity index (χ0v) is 12.9. The van der Waals surface area contributed by atoms with Crippen LogP contribution in [0.4, 0.5) is 0 Å². The molecule has 114 valence electrons. The molecule has 0 radical (unpaired) electrons. The number of nitrogens with one attached hydrogen (secondary N) is 1. The van der Waals surface area contributed by atoms with E-state index in [1.54, 1.807) is 6.20 Å². The van der Waals surface area contributed by atoms with E-state index in [0.29, 0.717) is 5.69 Å². The zero-order valence-electron chi connectivity index (χ0n) is 12.9. The van der Waals surface area contributed by atoms with Crippen molar-refractivity contribution in [2.45, 2.75) is 26.2 Å². The van der Waals surface area contributed by atoms with E-state index in [-0.39, 0.29) is 5.91 Å². The van der Waals surface area contributed by atoms with E-state index >= 15 is 0 Å². The van der Waals surface area contributed by atoms with Crippen LogP contribution < -0.4 is 0 Å². The molecular formula is C18H21N3O. The fraction of sp³-hybridized carbons (Fsp3) is 0.333. The van der Waals surface area contributed by atoms with Gasteiger partial charge in [-0.15, -0.1) is 0 Å². The van der Waals surface area contributed by atoms with Gasteiger partial charge in [-0.25, -0.2) is 4.98 Å². The number of H-pyrrole nitrogens is 1. The normalized spacial score (nSPS) is 15.0. The highest BCUT2D eigenvalue weighted by molar-refractivity contribution is 5.92. The standard InChI is InChI=1S/C18H21N3O/c1-2-17-19-13-16(20-17)18(22)21-10-8-15(9-11-21)12-14-6-4-3-5-7-14/h3-7,12-13H,2,8-11H2,1H3,(H,19,20). The van der Waals surface area contributed by atoms with Crippen molar-refractivity contribution in [3.63, 3.8) is 0 Å². The number of carbonyl (C=O) groups is 1. The third kappa shape index (κ3) is 3.27. The number of hydrogen-bond donors (Lipinski definition) is 1. The first-order valence-electron chi connectivity index (χ1n) is 7.84. The lowest BCUT2D eigenvalue weighted by Gasteiger charge is -2.28. The first-order chi connectivity index (χ1) is 10.8. The minimum absolute atomic E-state index is 0.0611.